The van der Waals surface area contributed by atoms with E-state index in [4.69, 9.17) is 0 Å². The van der Waals surface area contributed by atoms with Gasteiger partial charge in [0.05, 0.1) is 5.71 Å². The molecular weight excluding hydrogens is 302 g/mol. The van der Waals surface area contributed by atoms with Crippen molar-refractivity contribution in [3.63, 3.8) is 0 Å². The van der Waals surface area contributed by atoms with Gasteiger partial charge in [-0.3, -0.25) is 9.59 Å². The summed E-state index contributed by atoms with van der Waals surface area (Å²) in [6.45, 7) is 9.37. The number of allylic oxidation sites excluding steroid dienone is 4. The number of amides is 2. The van der Waals surface area contributed by atoms with Crippen LogP contribution in [0.15, 0.2) is 28.4 Å². The summed E-state index contributed by atoms with van der Waals surface area (Å²) in [4.78, 5) is 25.0. The average molecular weight is 331 g/mol. The van der Waals surface area contributed by atoms with E-state index in [1.807, 2.05) is 13.0 Å². The maximum absolute atomic E-state index is 11.9. The highest BCUT2D eigenvalue weighted by molar-refractivity contribution is 5.94. The minimum Gasteiger partial charge on any atom is -0.333 e. The van der Waals surface area contributed by atoms with Crippen LogP contribution in [0.3, 0.4) is 0 Å². The highest BCUT2D eigenvalue weighted by atomic mass is 16.2. The van der Waals surface area contributed by atoms with E-state index in [0.717, 1.165) is 18.6 Å². The van der Waals surface area contributed by atoms with Crippen LogP contribution in [0.5, 0.6) is 0 Å². The number of hydrogen-bond acceptors (Lipinski definition) is 3. The van der Waals surface area contributed by atoms with Crippen molar-refractivity contribution in [3.8, 4) is 0 Å². The molecule has 2 rings (SSSR count). The second kappa shape index (κ2) is 7.77. The van der Waals surface area contributed by atoms with Gasteiger partial charge in [0.15, 0.2) is 0 Å². The lowest BCUT2D eigenvalue weighted by atomic mass is 9.72. The van der Waals surface area contributed by atoms with Crippen molar-refractivity contribution in [2.24, 2.45) is 10.5 Å². The third kappa shape index (κ3) is 4.79. The van der Waals surface area contributed by atoms with E-state index in [1.165, 1.54) is 24.0 Å². The molecule has 1 heterocycles. The molecule has 24 heavy (non-hydrogen) atoms. The molecule has 132 valence electrons. The van der Waals surface area contributed by atoms with Crippen molar-refractivity contribution in [2.45, 2.75) is 59.8 Å². The number of carbonyl (C=O) groups is 2. The average Bonchev–Trinajstić information content (AvgIpc) is 2.89. The quantitative estimate of drug-likeness (QED) is 0.621. The van der Waals surface area contributed by atoms with Gasteiger partial charge in [0.2, 0.25) is 5.91 Å². The van der Waals surface area contributed by atoms with E-state index in [-0.39, 0.29) is 23.8 Å². The van der Waals surface area contributed by atoms with E-state index in [9.17, 15) is 9.59 Å². The van der Waals surface area contributed by atoms with Crippen molar-refractivity contribution >= 4 is 17.5 Å². The maximum Gasteiger partial charge on any atom is 0.259 e. The highest BCUT2D eigenvalue weighted by Crippen LogP contribution is 2.40. The van der Waals surface area contributed by atoms with Crippen LogP contribution >= 0.6 is 0 Å². The van der Waals surface area contributed by atoms with Gasteiger partial charge in [-0.05, 0) is 56.6 Å². The number of rotatable bonds is 5. The lowest BCUT2D eigenvalue weighted by Crippen LogP contribution is -2.36. The van der Waals surface area contributed by atoms with E-state index in [2.05, 4.69) is 37.4 Å². The monoisotopic (exact) mass is 331 g/mol. The first-order valence-corrected chi connectivity index (χ1v) is 8.79. The molecule has 0 unspecified atom stereocenters. The van der Waals surface area contributed by atoms with E-state index in [0.29, 0.717) is 13.0 Å². The molecule has 1 aliphatic heterocycles. The Balaban J connectivity index is 1.91. The van der Waals surface area contributed by atoms with E-state index < -0.39 is 0 Å². The summed E-state index contributed by atoms with van der Waals surface area (Å²) in [6, 6.07) is 0. The molecule has 1 saturated heterocycles. The number of nitrogens with zero attached hydrogens (tertiary/aromatic N) is 2. The highest BCUT2D eigenvalue weighted by Gasteiger charge is 2.26. The van der Waals surface area contributed by atoms with Crippen LogP contribution in [0.25, 0.3) is 0 Å². The van der Waals surface area contributed by atoms with Crippen molar-refractivity contribution in [3.05, 3.63) is 23.3 Å². The SMILES string of the molecule is CC(/C=C/C1=C(C)CCCC1(C)C)=NNC(=O)CN1CCCC1=O. The van der Waals surface area contributed by atoms with Crippen LogP contribution in [0.4, 0.5) is 0 Å². The maximum atomic E-state index is 11.9. The van der Waals surface area contributed by atoms with Gasteiger partial charge in [-0.15, -0.1) is 0 Å². The topological polar surface area (TPSA) is 61.8 Å². The third-order valence-corrected chi connectivity index (χ3v) is 4.90. The molecule has 2 amide bonds. The molecule has 0 radical (unpaired) electrons. The fourth-order valence-electron chi connectivity index (χ4n) is 3.48. The minimum absolute atomic E-state index is 0.0488. The smallest absolute Gasteiger partial charge is 0.259 e. The zero-order valence-electron chi connectivity index (χ0n) is 15.3. The molecule has 0 aromatic rings. The number of nitrogens with one attached hydrogen (secondary N) is 1. The zero-order chi connectivity index (χ0) is 17.7. The Morgan fingerprint density at radius 1 is 1.33 bits per heavy atom. The number of hydrazone groups is 1. The summed E-state index contributed by atoms with van der Waals surface area (Å²) >= 11 is 0. The van der Waals surface area contributed by atoms with Crippen LogP contribution in [0.1, 0.15) is 59.8 Å². The number of carbonyl (C=O) groups excluding carboxylic acids is 2. The van der Waals surface area contributed by atoms with Gasteiger partial charge in [0.1, 0.15) is 6.54 Å². The van der Waals surface area contributed by atoms with Crippen LogP contribution in [-0.2, 0) is 9.59 Å². The number of likely N-dealkylation sites (tertiary alicyclic amines) is 1. The Kier molecular flexibility index (Phi) is 5.97. The molecule has 0 bridgehead atoms. The molecule has 5 nitrogen and oxygen atoms in total. The summed E-state index contributed by atoms with van der Waals surface area (Å²) in [5, 5.41) is 4.12. The molecule has 5 heteroatoms. The molecule has 0 atom stereocenters. The van der Waals surface area contributed by atoms with Crippen LogP contribution in [-0.4, -0.2) is 35.5 Å². The van der Waals surface area contributed by atoms with Gasteiger partial charge in [-0.1, -0.05) is 25.5 Å². The largest absolute Gasteiger partial charge is 0.333 e. The molecular formula is C19H29N3O2. The molecule has 0 saturated carbocycles. The summed E-state index contributed by atoms with van der Waals surface area (Å²) in [5.41, 5.74) is 6.29. The second-order valence-corrected chi connectivity index (χ2v) is 7.47. The fraction of sp³-hybridized carbons (Fsp3) is 0.632. The normalized spacial score (nSPS) is 21.8. The Morgan fingerprint density at radius 2 is 2.08 bits per heavy atom. The van der Waals surface area contributed by atoms with Crippen LogP contribution in [0, 0.1) is 5.41 Å². The lowest BCUT2D eigenvalue weighted by molar-refractivity contribution is -0.133. The molecule has 2 aliphatic rings. The second-order valence-electron chi connectivity index (χ2n) is 7.47. The van der Waals surface area contributed by atoms with Gasteiger partial charge in [-0.2, -0.15) is 5.10 Å². The molecule has 0 spiro atoms. The summed E-state index contributed by atoms with van der Waals surface area (Å²) in [6.07, 6.45) is 9.05. The Hall–Kier alpha value is -1.91. The minimum atomic E-state index is -0.244. The summed E-state index contributed by atoms with van der Waals surface area (Å²) in [5.74, 6) is -0.195. The van der Waals surface area contributed by atoms with Crippen LogP contribution < -0.4 is 5.43 Å². The Morgan fingerprint density at radius 3 is 2.71 bits per heavy atom. The van der Waals surface area contributed by atoms with Crippen LogP contribution in [0.2, 0.25) is 0 Å². The first kappa shape index (κ1) is 18.4. The van der Waals surface area contributed by atoms with Crippen molar-refractivity contribution in [2.75, 3.05) is 13.1 Å². The zero-order valence-corrected chi connectivity index (χ0v) is 15.3. The van der Waals surface area contributed by atoms with Crippen molar-refractivity contribution in [1.29, 1.82) is 0 Å². The van der Waals surface area contributed by atoms with E-state index in [1.54, 1.807) is 4.90 Å². The van der Waals surface area contributed by atoms with Gasteiger partial charge < -0.3 is 4.90 Å². The van der Waals surface area contributed by atoms with Gasteiger partial charge in [0, 0.05) is 13.0 Å². The number of hydrogen-bond donors (Lipinski definition) is 1. The Labute approximate surface area is 144 Å². The van der Waals surface area contributed by atoms with Gasteiger partial charge in [0.25, 0.3) is 5.91 Å². The predicted octanol–water partition coefficient (Wildman–Crippen LogP) is 3.18. The molecule has 0 aromatic heterocycles. The first-order chi connectivity index (χ1) is 11.3. The molecule has 0 aromatic carbocycles. The molecule has 1 fully saturated rings. The summed E-state index contributed by atoms with van der Waals surface area (Å²) < 4.78 is 0. The predicted molar refractivity (Wildman–Crippen MR) is 96.5 cm³/mol. The lowest BCUT2D eigenvalue weighted by Gasteiger charge is -2.32. The molecule has 1 aliphatic carbocycles. The van der Waals surface area contributed by atoms with E-state index >= 15 is 0 Å². The standard InChI is InChI=1S/C19H29N3O2/c1-14-7-5-11-19(3,4)16(14)10-9-15(2)20-21-17(23)13-22-12-6-8-18(22)24/h9-10H,5-8,11-13H2,1-4H3,(H,21,23)/b10-9+,20-15?. The van der Waals surface area contributed by atoms with Gasteiger partial charge in [-0.25, -0.2) is 5.43 Å². The first-order valence-electron chi connectivity index (χ1n) is 8.79. The fourth-order valence-corrected chi connectivity index (χ4v) is 3.48. The van der Waals surface area contributed by atoms with Crippen molar-refractivity contribution < 1.29 is 9.59 Å². The third-order valence-electron chi connectivity index (χ3n) is 4.90. The van der Waals surface area contributed by atoms with Gasteiger partial charge >= 0.3 is 0 Å². The Bertz CT molecular complexity index is 600. The molecule has 1 N–H and O–H groups in total. The summed E-state index contributed by atoms with van der Waals surface area (Å²) in [7, 11) is 0. The van der Waals surface area contributed by atoms with Crippen molar-refractivity contribution in [1.82, 2.24) is 10.3 Å².